The Kier molecular flexibility index (Phi) is 16.0. The van der Waals surface area contributed by atoms with Crippen LogP contribution in [-0.4, -0.2) is 71.7 Å². The number of carbonyl (C=O) groups excluding carboxylic acids is 2. The Morgan fingerprint density at radius 3 is 2.31 bits per heavy atom. The lowest BCUT2D eigenvalue weighted by Gasteiger charge is -2.28. The number of carbonyl (C=O) groups is 2. The molecule has 0 aromatic heterocycles. The summed E-state index contributed by atoms with van der Waals surface area (Å²) in [6.45, 7) is 14.9. The minimum absolute atomic E-state index is 0.0682. The van der Waals surface area contributed by atoms with Gasteiger partial charge in [-0.1, -0.05) is 70.2 Å². The van der Waals surface area contributed by atoms with Gasteiger partial charge in [0.15, 0.2) is 12.6 Å². The highest BCUT2D eigenvalue weighted by molar-refractivity contribution is 6.76. The van der Waals surface area contributed by atoms with Crippen molar-refractivity contribution in [3.8, 4) is 17.2 Å². The first-order valence-electron chi connectivity index (χ1n) is 19.9. The largest absolute Gasteiger partial charge is 0.497 e. The number of methoxy groups -OCH3 is 2. The van der Waals surface area contributed by atoms with Crippen molar-refractivity contribution in [2.75, 3.05) is 27.6 Å². The molecule has 4 rings (SSSR count). The third kappa shape index (κ3) is 14.0. The number of hydrogen-bond donors (Lipinski definition) is 0. The average molecular weight is 781 g/mol. The van der Waals surface area contributed by atoms with Crippen LogP contribution in [0.2, 0.25) is 25.7 Å². The SMILES string of the molecule is [3H]C(C)[C@H](C)CC[C@H](OC(=O)c1ccccc1)[C@H]1OC(C)(C)O[C@@H]1CCCc1cc(OCc2ccc(OC)cc2)cc(OCOC)c1C(=O)OCC[Si](C)(C)C. The molecule has 302 valence electrons. The van der Waals surface area contributed by atoms with E-state index in [1.807, 2.05) is 64.1 Å². The van der Waals surface area contributed by atoms with Crippen LogP contribution in [-0.2, 0) is 36.7 Å². The first-order valence-corrected chi connectivity index (χ1v) is 23.0. The summed E-state index contributed by atoms with van der Waals surface area (Å²) in [5.41, 5.74) is 2.45. The highest BCUT2D eigenvalue weighted by Gasteiger charge is 2.46. The maximum absolute atomic E-state index is 13.8. The third-order valence-electron chi connectivity index (χ3n) is 9.61. The van der Waals surface area contributed by atoms with E-state index in [0.717, 1.165) is 17.4 Å². The van der Waals surface area contributed by atoms with E-state index in [1.165, 1.54) is 7.11 Å². The van der Waals surface area contributed by atoms with Crippen LogP contribution >= 0.6 is 0 Å². The second kappa shape index (κ2) is 20.9. The van der Waals surface area contributed by atoms with Gasteiger partial charge in [0.1, 0.15) is 41.6 Å². The number of ether oxygens (including phenoxy) is 8. The molecular weight excluding hydrogens is 717 g/mol. The predicted molar refractivity (Wildman–Crippen MR) is 216 cm³/mol. The number of hydrogen-bond acceptors (Lipinski definition) is 10. The Morgan fingerprint density at radius 1 is 0.927 bits per heavy atom. The molecule has 3 aromatic rings. The summed E-state index contributed by atoms with van der Waals surface area (Å²) in [6, 6.07) is 21.0. The minimum Gasteiger partial charge on any atom is -0.497 e. The summed E-state index contributed by atoms with van der Waals surface area (Å²) in [4.78, 5) is 27.2. The van der Waals surface area contributed by atoms with Gasteiger partial charge < -0.3 is 37.9 Å². The fraction of sp³-hybridized carbons (Fsp3) is 0.545. The zero-order chi connectivity index (χ0) is 40.9. The molecule has 1 heterocycles. The van der Waals surface area contributed by atoms with Gasteiger partial charge in [-0.25, -0.2) is 9.59 Å². The summed E-state index contributed by atoms with van der Waals surface area (Å²) in [7, 11) is 1.68. The minimum atomic E-state index is -1.47. The molecule has 1 saturated heterocycles. The normalized spacial score (nSPS) is 18.5. The first-order chi connectivity index (χ1) is 26.6. The van der Waals surface area contributed by atoms with Crippen LogP contribution in [0.1, 0.15) is 93.0 Å². The summed E-state index contributed by atoms with van der Waals surface area (Å²) < 4.78 is 56.0. The summed E-state index contributed by atoms with van der Waals surface area (Å²) >= 11 is 0. The lowest BCUT2D eigenvalue weighted by atomic mass is 9.93. The molecule has 0 radical (unpaired) electrons. The highest BCUT2D eigenvalue weighted by atomic mass is 28.3. The molecule has 0 spiro atoms. The second-order valence-electron chi connectivity index (χ2n) is 15.8. The van der Waals surface area contributed by atoms with Gasteiger partial charge in [-0.2, -0.15) is 0 Å². The number of esters is 2. The van der Waals surface area contributed by atoms with Crippen LogP contribution in [0.4, 0.5) is 0 Å². The maximum atomic E-state index is 13.8. The van der Waals surface area contributed by atoms with Crippen molar-refractivity contribution in [3.63, 3.8) is 0 Å². The fourth-order valence-electron chi connectivity index (χ4n) is 6.36. The molecule has 10 nitrogen and oxygen atoms in total. The standard InChI is InChI=1S/C44H62O10Si/c1-10-31(2)19-24-37(52-42(45)33-15-12-11-13-16-33)41-38(53-44(3,4)54-41)18-14-17-34-27-36(50-29-32-20-22-35(48-6)23-21-32)28-39(51-30-47-5)40(34)43(46)49-25-26-55(7,8)9/h11-13,15-16,20-23,27-28,31,37-38,41H,10,14,17-19,24-26,29-30H2,1-9H3/t31-,37-,38+,41+/m0/s1/i10T/t10?,31-,37-,38+,41+. The first kappa shape index (κ1) is 42.2. The topological polar surface area (TPSA) is 108 Å². The molecule has 5 atom stereocenters. The van der Waals surface area contributed by atoms with Crippen molar-refractivity contribution < 1.29 is 48.9 Å². The van der Waals surface area contributed by atoms with Crippen LogP contribution in [0.15, 0.2) is 66.7 Å². The zero-order valence-corrected chi connectivity index (χ0v) is 35.2. The van der Waals surface area contributed by atoms with Gasteiger partial charge in [-0.05, 0) is 99.4 Å². The Bertz CT molecular complexity index is 1680. The van der Waals surface area contributed by atoms with Crippen molar-refractivity contribution in [2.45, 2.75) is 123 Å². The van der Waals surface area contributed by atoms with Crippen LogP contribution in [0, 0.1) is 5.92 Å². The molecule has 0 aliphatic carbocycles. The van der Waals surface area contributed by atoms with Gasteiger partial charge in [0.25, 0.3) is 0 Å². The zero-order valence-electron chi connectivity index (χ0n) is 35.2. The summed E-state index contributed by atoms with van der Waals surface area (Å²) in [5.74, 6) is -0.105. The molecule has 0 bridgehead atoms. The average Bonchev–Trinajstić information content (AvgIpc) is 3.47. The Morgan fingerprint density at radius 2 is 1.65 bits per heavy atom. The summed E-state index contributed by atoms with van der Waals surface area (Å²) in [6.07, 6.45) is 0.996. The Labute approximate surface area is 330 Å². The van der Waals surface area contributed by atoms with Crippen molar-refractivity contribution >= 4 is 20.0 Å². The van der Waals surface area contributed by atoms with Crippen LogP contribution in [0.3, 0.4) is 0 Å². The lowest BCUT2D eigenvalue weighted by molar-refractivity contribution is -0.156. The van der Waals surface area contributed by atoms with Gasteiger partial charge in [0.2, 0.25) is 0 Å². The molecule has 0 amide bonds. The lowest BCUT2D eigenvalue weighted by Crippen LogP contribution is -2.39. The van der Waals surface area contributed by atoms with Crippen molar-refractivity contribution in [3.05, 3.63) is 89.0 Å². The number of benzene rings is 3. The van der Waals surface area contributed by atoms with Gasteiger partial charge >= 0.3 is 11.9 Å². The van der Waals surface area contributed by atoms with E-state index in [4.69, 9.17) is 39.3 Å². The van der Waals surface area contributed by atoms with E-state index in [1.54, 1.807) is 37.4 Å². The third-order valence-corrected chi connectivity index (χ3v) is 11.3. The molecule has 0 saturated carbocycles. The molecule has 0 N–H and O–H groups in total. The molecular formula is C44H62O10Si. The van der Waals surface area contributed by atoms with Crippen molar-refractivity contribution in [2.24, 2.45) is 5.92 Å². The van der Waals surface area contributed by atoms with E-state index in [-0.39, 0.29) is 25.7 Å². The summed E-state index contributed by atoms with van der Waals surface area (Å²) in [5, 5.41) is 0. The van der Waals surface area contributed by atoms with Crippen molar-refractivity contribution in [1.29, 1.82) is 0 Å². The smallest absolute Gasteiger partial charge is 0.342 e. The van der Waals surface area contributed by atoms with Crippen LogP contribution in [0.5, 0.6) is 17.2 Å². The monoisotopic (exact) mass is 780 g/mol. The number of rotatable bonds is 22. The predicted octanol–water partition coefficient (Wildman–Crippen LogP) is 9.65. The highest BCUT2D eigenvalue weighted by Crippen LogP contribution is 2.37. The second-order valence-corrected chi connectivity index (χ2v) is 21.4. The Balaban J connectivity index is 1.60. The molecule has 3 aromatic carbocycles. The molecule has 1 fully saturated rings. The van der Waals surface area contributed by atoms with E-state index in [9.17, 15) is 9.59 Å². The van der Waals surface area contributed by atoms with E-state index in [0.29, 0.717) is 66.9 Å². The Hall–Kier alpha value is -3.90. The molecule has 55 heavy (non-hydrogen) atoms. The van der Waals surface area contributed by atoms with E-state index < -0.39 is 44.1 Å². The number of aryl methyl sites for hydroxylation is 1. The molecule has 1 unspecified atom stereocenters. The van der Waals surface area contributed by atoms with Gasteiger partial charge in [-0.15, -0.1) is 0 Å². The molecule has 1 aliphatic heterocycles. The van der Waals surface area contributed by atoms with Gasteiger partial charge in [0.05, 0.1) is 25.4 Å². The van der Waals surface area contributed by atoms with E-state index in [2.05, 4.69) is 19.6 Å². The fourth-order valence-corrected chi connectivity index (χ4v) is 7.08. The van der Waals surface area contributed by atoms with Gasteiger partial charge in [-0.3, -0.25) is 0 Å². The quantitative estimate of drug-likeness (QED) is 0.0556. The van der Waals surface area contributed by atoms with Crippen LogP contribution in [0.25, 0.3) is 0 Å². The van der Waals surface area contributed by atoms with Crippen molar-refractivity contribution in [1.82, 2.24) is 0 Å². The maximum Gasteiger partial charge on any atom is 0.342 e. The van der Waals surface area contributed by atoms with Crippen LogP contribution < -0.4 is 14.2 Å². The van der Waals surface area contributed by atoms with Gasteiger partial charge in [0, 0.05) is 22.6 Å². The van der Waals surface area contributed by atoms with E-state index >= 15 is 0 Å². The molecule has 1 aliphatic rings. The molecule has 11 heteroatoms.